The summed E-state index contributed by atoms with van der Waals surface area (Å²) in [7, 11) is 0. The largest absolute Gasteiger partial charge is 0.467 e. The van der Waals surface area contributed by atoms with E-state index in [0.29, 0.717) is 24.8 Å². The fraction of sp³-hybridized carbons (Fsp3) is 0.333. The molecule has 2 heterocycles. The maximum Gasteiger partial charge on any atom is 0.254 e. The molecule has 1 amide bonds. The number of ether oxygens (including phenoxy) is 2. The first-order valence-corrected chi connectivity index (χ1v) is 7.84. The van der Waals surface area contributed by atoms with E-state index in [9.17, 15) is 4.79 Å². The van der Waals surface area contributed by atoms with E-state index >= 15 is 0 Å². The minimum absolute atomic E-state index is 0.0599. The van der Waals surface area contributed by atoms with Crippen LogP contribution in [-0.4, -0.2) is 28.6 Å². The highest BCUT2D eigenvalue weighted by atomic mass is 16.7. The number of carbonyl (C=O) groups excluding carboxylic acids is 1. The molecule has 0 N–H and O–H groups in total. The number of hydrogen-bond donors (Lipinski definition) is 0. The van der Waals surface area contributed by atoms with E-state index in [-0.39, 0.29) is 12.7 Å². The van der Waals surface area contributed by atoms with Crippen molar-refractivity contribution < 1.29 is 14.3 Å². The molecular weight excluding hydrogens is 292 g/mol. The highest BCUT2D eigenvalue weighted by Crippen LogP contribution is 2.31. The molecule has 0 saturated heterocycles. The lowest BCUT2D eigenvalue weighted by Gasteiger charge is -2.24. The van der Waals surface area contributed by atoms with Gasteiger partial charge in [0.1, 0.15) is 5.75 Å². The van der Waals surface area contributed by atoms with Gasteiger partial charge in [0.05, 0.1) is 6.61 Å². The van der Waals surface area contributed by atoms with Crippen molar-refractivity contribution in [2.45, 2.75) is 32.0 Å². The molecule has 2 aliphatic rings. The van der Waals surface area contributed by atoms with Crippen LogP contribution in [-0.2, 0) is 17.9 Å². The number of benzene rings is 1. The minimum atomic E-state index is 0.0599. The van der Waals surface area contributed by atoms with Gasteiger partial charge in [0, 0.05) is 36.1 Å². The van der Waals surface area contributed by atoms with Gasteiger partial charge in [-0.1, -0.05) is 6.07 Å². The maximum absolute atomic E-state index is 12.9. The van der Waals surface area contributed by atoms with Gasteiger partial charge in [-0.25, -0.2) is 0 Å². The first-order chi connectivity index (χ1) is 11.3. The first kappa shape index (κ1) is 14.2. The Hall–Kier alpha value is -2.40. The van der Waals surface area contributed by atoms with Crippen LogP contribution >= 0.6 is 0 Å². The summed E-state index contributed by atoms with van der Waals surface area (Å²) in [4.78, 5) is 19.0. The molecular formula is C18H18N2O3. The molecule has 1 saturated carbocycles. The van der Waals surface area contributed by atoms with E-state index in [2.05, 4.69) is 4.98 Å². The van der Waals surface area contributed by atoms with Crippen LogP contribution < -0.4 is 4.74 Å². The van der Waals surface area contributed by atoms with Crippen molar-refractivity contribution in [1.82, 2.24) is 9.88 Å². The maximum atomic E-state index is 12.9. The zero-order chi connectivity index (χ0) is 15.6. The third-order valence-corrected chi connectivity index (χ3v) is 4.19. The van der Waals surface area contributed by atoms with Crippen LogP contribution in [0.25, 0.3) is 0 Å². The topological polar surface area (TPSA) is 51.7 Å². The van der Waals surface area contributed by atoms with Gasteiger partial charge in [0.2, 0.25) is 0 Å². The number of hydrogen-bond acceptors (Lipinski definition) is 4. The number of fused-ring (bicyclic) bond motifs is 1. The highest BCUT2D eigenvalue weighted by Gasteiger charge is 2.33. The second kappa shape index (κ2) is 6.01. The molecule has 0 bridgehead atoms. The summed E-state index contributed by atoms with van der Waals surface area (Å²) in [5.74, 6) is 0.864. The lowest BCUT2D eigenvalue weighted by molar-refractivity contribution is -0.0164. The standard InChI is InChI=1S/C18H18N2O3/c21-18(14-3-6-17-15(8-14)11-22-12-23-17)20(16-4-5-16)10-13-2-1-7-19-9-13/h1-3,6-9,16H,4-5,10-12H2. The van der Waals surface area contributed by atoms with Crippen molar-refractivity contribution in [3.63, 3.8) is 0 Å². The predicted octanol–water partition coefficient (Wildman–Crippen LogP) is 2.75. The Morgan fingerprint density at radius 2 is 2.22 bits per heavy atom. The van der Waals surface area contributed by atoms with Crippen molar-refractivity contribution in [2.75, 3.05) is 6.79 Å². The third kappa shape index (κ3) is 3.05. The number of nitrogens with zero attached hydrogens (tertiary/aromatic N) is 2. The molecule has 1 fully saturated rings. The fourth-order valence-corrected chi connectivity index (χ4v) is 2.83. The molecule has 1 aromatic heterocycles. The van der Waals surface area contributed by atoms with Crippen molar-refractivity contribution in [1.29, 1.82) is 0 Å². The van der Waals surface area contributed by atoms with Gasteiger partial charge in [-0.15, -0.1) is 0 Å². The number of aromatic nitrogens is 1. The van der Waals surface area contributed by atoms with E-state index in [1.807, 2.05) is 41.4 Å². The van der Waals surface area contributed by atoms with E-state index < -0.39 is 0 Å². The molecule has 0 radical (unpaired) electrons. The van der Waals surface area contributed by atoms with Crippen LogP contribution in [0.15, 0.2) is 42.7 Å². The van der Waals surface area contributed by atoms with Crippen LogP contribution in [0.5, 0.6) is 5.75 Å². The number of pyridine rings is 1. The predicted molar refractivity (Wildman–Crippen MR) is 83.9 cm³/mol. The summed E-state index contributed by atoms with van der Waals surface area (Å²) in [6.07, 6.45) is 5.71. The molecule has 1 aromatic carbocycles. The van der Waals surface area contributed by atoms with E-state index in [1.54, 1.807) is 6.20 Å². The summed E-state index contributed by atoms with van der Waals surface area (Å²) >= 11 is 0. The van der Waals surface area contributed by atoms with Crippen molar-refractivity contribution in [3.8, 4) is 5.75 Å². The van der Waals surface area contributed by atoms with Crippen LogP contribution in [0, 0.1) is 0 Å². The third-order valence-electron chi connectivity index (χ3n) is 4.19. The summed E-state index contributed by atoms with van der Waals surface area (Å²) < 4.78 is 10.7. The average molecular weight is 310 g/mol. The second-order valence-corrected chi connectivity index (χ2v) is 5.96. The van der Waals surface area contributed by atoms with E-state index in [1.165, 1.54) is 0 Å². The normalized spacial score (nSPS) is 16.3. The Morgan fingerprint density at radius 3 is 3.00 bits per heavy atom. The summed E-state index contributed by atoms with van der Waals surface area (Å²) in [5, 5.41) is 0. The lowest BCUT2D eigenvalue weighted by atomic mass is 10.1. The van der Waals surface area contributed by atoms with Gasteiger partial charge in [-0.05, 0) is 42.7 Å². The van der Waals surface area contributed by atoms with Gasteiger partial charge in [-0.2, -0.15) is 0 Å². The molecule has 4 rings (SSSR count). The molecule has 0 unspecified atom stereocenters. The Labute approximate surface area is 134 Å². The average Bonchev–Trinajstić information content (AvgIpc) is 3.44. The molecule has 118 valence electrons. The first-order valence-electron chi connectivity index (χ1n) is 7.84. The van der Waals surface area contributed by atoms with Crippen molar-refractivity contribution in [2.24, 2.45) is 0 Å². The minimum Gasteiger partial charge on any atom is -0.467 e. The van der Waals surface area contributed by atoms with E-state index in [0.717, 1.165) is 29.7 Å². The Bertz CT molecular complexity index is 713. The molecule has 23 heavy (non-hydrogen) atoms. The highest BCUT2D eigenvalue weighted by molar-refractivity contribution is 5.95. The Morgan fingerprint density at radius 1 is 1.30 bits per heavy atom. The Balaban J connectivity index is 1.58. The number of amides is 1. The van der Waals surface area contributed by atoms with Gasteiger partial charge in [-0.3, -0.25) is 9.78 Å². The summed E-state index contributed by atoms with van der Waals surface area (Å²) in [6, 6.07) is 9.83. The fourth-order valence-electron chi connectivity index (χ4n) is 2.83. The van der Waals surface area contributed by atoms with E-state index in [4.69, 9.17) is 9.47 Å². The summed E-state index contributed by atoms with van der Waals surface area (Å²) in [6.45, 7) is 1.36. The molecule has 0 atom stereocenters. The van der Waals surface area contributed by atoms with Crippen LogP contribution in [0.4, 0.5) is 0 Å². The van der Waals surface area contributed by atoms with Gasteiger partial charge >= 0.3 is 0 Å². The smallest absolute Gasteiger partial charge is 0.254 e. The van der Waals surface area contributed by atoms with Crippen LogP contribution in [0.2, 0.25) is 0 Å². The van der Waals surface area contributed by atoms with Gasteiger partial charge < -0.3 is 14.4 Å². The molecule has 5 heteroatoms. The van der Waals surface area contributed by atoms with Crippen molar-refractivity contribution in [3.05, 3.63) is 59.4 Å². The van der Waals surface area contributed by atoms with Gasteiger partial charge in [0.25, 0.3) is 5.91 Å². The lowest BCUT2D eigenvalue weighted by Crippen LogP contribution is -2.32. The van der Waals surface area contributed by atoms with Crippen molar-refractivity contribution >= 4 is 5.91 Å². The Kier molecular flexibility index (Phi) is 3.71. The SMILES string of the molecule is O=C(c1ccc2c(c1)COCO2)N(Cc1cccnc1)C1CC1. The molecule has 5 nitrogen and oxygen atoms in total. The zero-order valence-electron chi connectivity index (χ0n) is 12.8. The molecule has 0 spiro atoms. The quantitative estimate of drug-likeness (QED) is 0.871. The second-order valence-electron chi connectivity index (χ2n) is 5.96. The molecule has 1 aliphatic heterocycles. The summed E-state index contributed by atoms with van der Waals surface area (Å²) in [5.41, 5.74) is 2.67. The monoisotopic (exact) mass is 310 g/mol. The number of rotatable bonds is 4. The molecule has 2 aromatic rings. The number of carbonyl (C=O) groups is 1. The zero-order valence-corrected chi connectivity index (χ0v) is 12.8. The van der Waals surface area contributed by atoms with Gasteiger partial charge in [0.15, 0.2) is 6.79 Å². The van der Waals surface area contributed by atoms with Crippen LogP contribution in [0.1, 0.15) is 34.3 Å². The van der Waals surface area contributed by atoms with Crippen LogP contribution in [0.3, 0.4) is 0 Å². The molecule has 1 aliphatic carbocycles.